The number of nitrogens with one attached hydrogen (secondary N) is 1. The third-order valence-corrected chi connectivity index (χ3v) is 7.70. The number of alkyl halides is 2. The molecule has 1 aliphatic heterocycles. The number of nitrogens with zero attached hydrogens (tertiary/aromatic N) is 2. The van der Waals surface area contributed by atoms with Crippen LogP contribution in [-0.2, 0) is 10.4 Å². The molecule has 0 radical (unpaired) electrons. The highest BCUT2D eigenvalue weighted by atomic mass is 35.5. The number of carbonyl (C=O) groups excluding carboxylic acids is 2. The van der Waals surface area contributed by atoms with E-state index in [9.17, 15) is 36.6 Å². The van der Waals surface area contributed by atoms with Gasteiger partial charge in [0.2, 0.25) is 0 Å². The van der Waals surface area contributed by atoms with Crippen molar-refractivity contribution in [3.05, 3.63) is 93.5 Å². The lowest BCUT2D eigenvalue weighted by Gasteiger charge is -2.32. The first kappa shape index (κ1) is 28.0. The van der Waals surface area contributed by atoms with E-state index < -0.39 is 52.5 Å². The minimum Gasteiger partial charge on any atom is -0.372 e. The van der Waals surface area contributed by atoms with Crippen molar-refractivity contribution in [3.8, 4) is 0 Å². The molecule has 1 unspecified atom stereocenters. The number of rotatable bonds is 6. The molecule has 12 heteroatoms. The van der Waals surface area contributed by atoms with Gasteiger partial charge in [0, 0.05) is 29.9 Å². The third kappa shape index (κ3) is 4.92. The van der Waals surface area contributed by atoms with E-state index in [-0.39, 0.29) is 40.3 Å². The molecular weight excluding hydrogens is 557 g/mol. The van der Waals surface area contributed by atoms with Crippen molar-refractivity contribution < 1.29 is 36.6 Å². The molecular formula is C28H23ClF5N3O3. The van der Waals surface area contributed by atoms with Crippen molar-refractivity contribution in [2.75, 3.05) is 11.4 Å². The number of halogens is 6. The molecule has 2 heterocycles. The monoisotopic (exact) mass is 579 g/mol. The summed E-state index contributed by atoms with van der Waals surface area (Å²) < 4.78 is 69.6. The van der Waals surface area contributed by atoms with E-state index in [1.165, 1.54) is 17.0 Å². The maximum atomic E-state index is 14.7. The fraction of sp³-hybridized carbons (Fsp3) is 0.321. The Hall–Kier alpha value is -3.57. The molecule has 40 heavy (non-hydrogen) atoms. The third-order valence-electron chi connectivity index (χ3n) is 7.50. The lowest BCUT2D eigenvalue weighted by molar-refractivity contribution is -0.132. The lowest BCUT2D eigenvalue weighted by Crippen LogP contribution is -2.45. The molecule has 0 spiro atoms. The van der Waals surface area contributed by atoms with Crippen molar-refractivity contribution in [2.45, 2.75) is 43.8 Å². The molecule has 1 saturated carbocycles. The fourth-order valence-corrected chi connectivity index (χ4v) is 5.65. The zero-order valence-corrected chi connectivity index (χ0v) is 21.6. The van der Waals surface area contributed by atoms with Crippen LogP contribution < -0.4 is 10.2 Å². The number of pyridine rings is 1. The Balaban J connectivity index is 1.31. The van der Waals surface area contributed by atoms with E-state index in [4.69, 9.17) is 11.6 Å². The lowest BCUT2D eigenvalue weighted by atomic mass is 9.85. The van der Waals surface area contributed by atoms with E-state index in [1.807, 2.05) is 0 Å². The molecule has 0 bridgehead atoms. The van der Waals surface area contributed by atoms with Crippen LogP contribution >= 0.6 is 11.6 Å². The van der Waals surface area contributed by atoms with E-state index in [0.717, 1.165) is 36.5 Å². The van der Waals surface area contributed by atoms with Gasteiger partial charge in [0.25, 0.3) is 18.2 Å². The summed E-state index contributed by atoms with van der Waals surface area (Å²) in [4.78, 5) is 31.0. The second-order valence-corrected chi connectivity index (χ2v) is 10.4. The Morgan fingerprint density at radius 1 is 1.10 bits per heavy atom. The number of hydrogen-bond donors (Lipinski definition) is 2. The van der Waals surface area contributed by atoms with Gasteiger partial charge in [-0.2, -0.15) is 0 Å². The topological polar surface area (TPSA) is 82.5 Å². The Kier molecular flexibility index (Phi) is 7.54. The van der Waals surface area contributed by atoms with Gasteiger partial charge in [0.15, 0.2) is 17.2 Å². The minimum atomic E-state index is -2.96. The van der Waals surface area contributed by atoms with Gasteiger partial charge >= 0.3 is 0 Å². The van der Waals surface area contributed by atoms with Crippen molar-refractivity contribution in [3.63, 3.8) is 0 Å². The molecule has 2 N–H and O–H groups in total. The maximum Gasteiger partial charge on any atom is 0.281 e. The summed E-state index contributed by atoms with van der Waals surface area (Å²) >= 11 is 5.84. The van der Waals surface area contributed by atoms with Crippen LogP contribution in [0.1, 0.15) is 59.3 Å². The molecule has 2 amide bonds. The predicted octanol–water partition coefficient (Wildman–Crippen LogP) is 5.66. The van der Waals surface area contributed by atoms with Crippen LogP contribution in [0.15, 0.2) is 48.7 Å². The van der Waals surface area contributed by atoms with Crippen molar-refractivity contribution in [1.82, 2.24) is 10.3 Å². The van der Waals surface area contributed by atoms with E-state index in [1.54, 1.807) is 0 Å². The first-order chi connectivity index (χ1) is 19.0. The van der Waals surface area contributed by atoms with Crippen LogP contribution in [0.2, 0.25) is 5.02 Å². The van der Waals surface area contributed by atoms with E-state index >= 15 is 0 Å². The SMILES string of the molecule is O=C(N[C@H]1CC[C@H](CN2C(=O)C(O)(c3cccc(F)c3F)c3ccc(F)cc32)CC1)c1cc(Cl)cnc1C(F)F. The summed E-state index contributed by atoms with van der Waals surface area (Å²) in [6.07, 6.45) is -0.00871. The molecule has 1 aromatic heterocycles. The Labute approximate surface area is 230 Å². The van der Waals surface area contributed by atoms with Crippen LogP contribution in [0.3, 0.4) is 0 Å². The summed E-state index contributed by atoms with van der Waals surface area (Å²) in [5.74, 6) is -5.09. The van der Waals surface area contributed by atoms with Crippen molar-refractivity contribution in [1.29, 1.82) is 0 Å². The number of hydrogen-bond acceptors (Lipinski definition) is 4. The maximum absolute atomic E-state index is 14.7. The molecule has 1 fully saturated rings. The number of aromatic nitrogens is 1. The largest absolute Gasteiger partial charge is 0.372 e. The molecule has 6 nitrogen and oxygen atoms in total. The quantitative estimate of drug-likeness (QED) is 0.369. The molecule has 1 atom stereocenters. The molecule has 210 valence electrons. The average Bonchev–Trinajstić information content (AvgIpc) is 3.12. The van der Waals surface area contributed by atoms with Gasteiger partial charge in [-0.1, -0.05) is 29.8 Å². The Bertz CT molecular complexity index is 1480. The Morgan fingerprint density at radius 2 is 1.82 bits per heavy atom. The number of fused-ring (bicyclic) bond motifs is 1. The molecule has 3 aromatic rings. The summed E-state index contributed by atoms with van der Waals surface area (Å²) in [5, 5.41) is 14.3. The number of amides is 2. The zero-order chi connectivity index (χ0) is 28.8. The minimum absolute atomic E-state index is 0.0448. The molecule has 2 aliphatic rings. The standard InChI is InChI=1S/C28H23ClF5N3O3/c29-15-10-18(24(25(33)34)35-12-15)26(38)36-17-7-4-14(5-8-17)13-37-22-11-16(30)6-9-19(22)28(40,27(37)39)20-2-1-3-21(31)23(20)32/h1-3,6,9-12,14,17,25,40H,4-5,7-8,13H2,(H,36,38)/t14-,17-,28?. The smallest absolute Gasteiger partial charge is 0.281 e. The number of anilines is 1. The second kappa shape index (κ2) is 10.8. The second-order valence-electron chi connectivity index (χ2n) is 9.97. The predicted molar refractivity (Wildman–Crippen MR) is 136 cm³/mol. The van der Waals surface area contributed by atoms with Gasteiger partial charge in [-0.3, -0.25) is 14.6 Å². The highest BCUT2D eigenvalue weighted by Gasteiger charge is 2.53. The van der Waals surface area contributed by atoms with Crippen LogP contribution in [0.25, 0.3) is 0 Å². The summed E-state index contributed by atoms with van der Waals surface area (Å²) in [7, 11) is 0. The van der Waals surface area contributed by atoms with Gasteiger partial charge in [0.1, 0.15) is 11.5 Å². The van der Waals surface area contributed by atoms with Gasteiger partial charge in [0.05, 0.1) is 16.3 Å². The molecule has 0 saturated heterocycles. The summed E-state index contributed by atoms with van der Waals surface area (Å²) in [5.41, 5.74) is -4.11. The number of aliphatic hydroxyl groups is 1. The van der Waals surface area contributed by atoms with Crippen LogP contribution in [-0.4, -0.2) is 34.5 Å². The van der Waals surface area contributed by atoms with Gasteiger partial charge in [-0.25, -0.2) is 22.0 Å². The zero-order valence-electron chi connectivity index (χ0n) is 20.8. The average molecular weight is 580 g/mol. The summed E-state index contributed by atoms with van der Waals surface area (Å²) in [6, 6.07) is 7.20. The highest BCUT2D eigenvalue weighted by molar-refractivity contribution is 6.30. The molecule has 1 aliphatic carbocycles. The number of benzene rings is 2. The first-order valence-electron chi connectivity index (χ1n) is 12.5. The van der Waals surface area contributed by atoms with Crippen molar-refractivity contribution in [2.24, 2.45) is 5.92 Å². The summed E-state index contributed by atoms with van der Waals surface area (Å²) in [6.45, 7) is 0.0585. The molecule has 5 rings (SSSR count). The van der Waals surface area contributed by atoms with Gasteiger partial charge in [-0.05, 0) is 55.9 Å². The van der Waals surface area contributed by atoms with Crippen molar-refractivity contribution >= 4 is 29.1 Å². The van der Waals surface area contributed by atoms with Crippen LogP contribution in [0.4, 0.5) is 27.6 Å². The molecule has 2 aromatic carbocycles. The van der Waals surface area contributed by atoms with Crippen LogP contribution in [0.5, 0.6) is 0 Å². The Morgan fingerprint density at radius 3 is 2.52 bits per heavy atom. The van der Waals surface area contributed by atoms with E-state index in [2.05, 4.69) is 10.3 Å². The highest BCUT2D eigenvalue weighted by Crippen LogP contribution is 2.46. The first-order valence-corrected chi connectivity index (χ1v) is 12.9. The fourth-order valence-electron chi connectivity index (χ4n) is 5.50. The number of carbonyl (C=O) groups is 2. The van der Waals surface area contributed by atoms with E-state index in [0.29, 0.717) is 25.7 Å². The normalized spacial score (nSPS) is 22.5. The van der Waals surface area contributed by atoms with Gasteiger partial charge in [-0.15, -0.1) is 0 Å². The van der Waals surface area contributed by atoms with Gasteiger partial charge < -0.3 is 15.3 Å². The van der Waals surface area contributed by atoms with Crippen LogP contribution in [0, 0.1) is 23.4 Å².